The minimum absolute atomic E-state index is 0.689. The molecule has 3 nitrogen and oxygen atoms in total. The molecule has 1 unspecified atom stereocenters. The van der Waals surface area contributed by atoms with Crippen molar-refractivity contribution in [1.82, 2.24) is 9.78 Å². The number of aliphatic hydroxyl groups is 1. The van der Waals surface area contributed by atoms with Gasteiger partial charge in [-0.15, -0.1) is 11.3 Å². The summed E-state index contributed by atoms with van der Waals surface area (Å²) in [5, 5.41) is 17.9. The molecule has 0 spiro atoms. The Kier molecular flexibility index (Phi) is 2.97. The number of aromatic nitrogens is 2. The summed E-state index contributed by atoms with van der Waals surface area (Å²) >= 11 is 4.98. The molecule has 2 heterocycles. The summed E-state index contributed by atoms with van der Waals surface area (Å²) in [7, 11) is 1.89. The van der Waals surface area contributed by atoms with E-state index in [4.69, 9.17) is 0 Å². The molecular formula is C13H11BrN2OS. The number of aryl methyl sites for hydroxylation is 1. The van der Waals surface area contributed by atoms with Gasteiger partial charge in [0, 0.05) is 16.9 Å². The highest BCUT2D eigenvalue weighted by Crippen LogP contribution is 2.35. The summed E-state index contributed by atoms with van der Waals surface area (Å²) in [5.74, 6) is 0. The maximum atomic E-state index is 10.5. The minimum Gasteiger partial charge on any atom is -0.381 e. The van der Waals surface area contributed by atoms with E-state index in [1.807, 2.05) is 42.8 Å². The standard InChI is InChI=1S/C13H11BrN2OS/c1-16-10-5-3-2-4-8(10)11(15-16)12(17)13-9(14)6-7-18-13/h2-7,12,17H,1H3. The fourth-order valence-electron chi connectivity index (χ4n) is 2.07. The first-order valence-electron chi connectivity index (χ1n) is 5.51. The summed E-state index contributed by atoms with van der Waals surface area (Å²) in [4.78, 5) is 0.888. The maximum Gasteiger partial charge on any atom is 0.134 e. The number of benzene rings is 1. The van der Waals surface area contributed by atoms with E-state index < -0.39 is 6.10 Å². The SMILES string of the molecule is Cn1nc(C(O)c2sccc2Br)c2ccccc21. The van der Waals surface area contributed by atoms with Crippen molar-refractivity contribution in [3.63, 3.8) is 0 Å². The third-order valence-electron chi connectivity index (χ3n) is 2.94. The fraction of sp³-hybridized carbons (Fsp3) is 0.154. The summed E-state index contributed by atoms with van der Waals surface area (Å²) in [6, 6.07) is 9.86. The largest absolute Gasteiger partial charge is 0.381 e. The van der Waals surface area contributed by atoms with Crippen molar-refractivity contribution < 1.29 is 5.11 Å². The Hall–Kier alpha value is -1.17. The molecule has 1 N–H and O–H groups in total. The maximum absolute atomic E-state index is 10.5. The van der Waals surface area contributed by atoms with E-state index in [0.29, 0.717) is 5.69 Å². The number of fused-ring (bicyclic) bond motifs is 1. The molecule has 0 radical (unpaired) electrons. The van der Waals surface area contributed by atoms with Crippen LogP contribution in [0.25, 0.3) is 10.9 Å². The molecular weight excluding hydrogens is 312 g/mol. The molecule has 0 amide bonds. The van der Waals surface area contributed by atoms with E-state index in [-0.39, 0.29) is 0 Å². The minimum atomic E-state index is -0.689. The Labute approximate surface area is 117 Å². The number of hydrogen-bond acceptors (Lipinski definition) is 3. The molecule has 92 valence electrons. The van der Waals surface area contributed by atoms with E-state index in [9.17, 15) is 5.11 Å². The van der Waals surface area contributed by atoms with Crippen molar-refractivity contribution in [3.05, 3.63) is 50.8 Å². The zero-order chi connectivity index (χ0) is 12.7. The average Bonchev–Trinajstić information content (AvgIpc) is 2.94. The molecule has 0 aliphatic heterocycles. The van der Waals surface area contributed by atoms with Gasteiger partial charge in [-0.25, -0.2) is 0 Å². The number of thiophene rings is 1. The van der Waals surface area contributed by atoms with Gasteiger partial charge >= 0.3 is 0 Å². The predicted octanol–water partition coefficient (Wildman–Crippen LogP) is 3.48. The van der Waals surface area contributed by atoms with E-state index in [0.717, 1.165) is 20.3 Å². The van der Waals surface area contributed by atoms with Crippen LogP contribution in [0.3, 0.4) is 0 Å². The summed E-state index contributed by atoms with van der Waals surface area (Å²) < 4.78 is 2.73. The molecule has 0 aliphatic rings. The lowest BCUT2D eigenvalue weighted by Gasteiger charge is -2.06. The smallest absolute Gasteiger partial charge is 0.134 e. The summed E-state index contributed by atoms with van der Waals surface area (Å²) in [6.45, 7) is 0. The lowest BCUT2D eigenvalue weighted by molar-refractivity contribution is 0.219. The third kappa shape index (κ3) is 1.79. The Balaban J connectivity index is 2.18. The van der Waals surface area contributed by atoms with Crippen molar-refractivity contribution in [3.8, 4) is 0 Å². The van der Waals surface area contributed by atoms with Gasteiger partial charge in [0.2, 0.25) is 0 Å². The highest BCUT2D eigenvalue weighted by Gasteiger charge is 2.21. The zero-order valence-corrected chi connectivity index (χ0v) is 12.1. The van der Waals surface area contributed by atoms with Crippen LogP contribution in [0.5, 0.6) is 0 Å². The second-order valence-corrected chi connectivity index (χ2v) is 5.86. The van der Waals surface area contributed by atoms with E-state index in [2.05, 4.69) is 21.0 Å². The van der Waals surface area contributed by atoms with Crippen LogP contribution in [0.2, 0.25) is 0 Å². The Morgan fingerprint density at radius 1 is 1.33 bits per heavy atom. The highest BCUT2D eigenvalue weighted by molar-refractivity contribution is 9.10. The number of para-hydroxylation sites is 1. The van der Waals surface area contributed by atoms with Crippen molar-refractivity contribution in [2.45, 2.75) is 6.10 Å². The topological polar surface area (TPSA) is 38.0 Å². The van der Waals surface area contributed by atoms with Gasteiger partial charge in [-0.05, 0) is 33.4 Å². The molecule has 3 rings (SSSR count). The Morgan fingerprint density at radius 3 is 2.83 bits per heavy atom. The van der Waals surface area contributed by atoms with Crippen LogP contribution in [-0.4, -0.2) is 14.9 Å². The van der Waals surface area contributed by atoms with Gasteiger partial charge in [-0.2, -0.15) is 5.10 Å². The molecule has 0 aliphatic carbocycles. The molecule has 5 heteroatoms. The van der Waals surface area contributed by atoms with Crippen LogP contribution in [-0.2, 0) is 7.05 Å². The molecule has 0 bridgehead atoms. The van der Waals surface area contributed by atoms with Gasteiger partial charge < -0.3 is 5.11 Å². The number of rotatable bonds is 2. The number of halogens is 1. The number of nitrogens with zero attached hydrogens (tertiary/aromatic N) is 2. The van der Waals surface area contributed by atoms with Crippen LogP contribution < -0.4 is 0 Å². The fourth-order valence-corrected chi connectivity index (χ4v) is 3.64. The first-order valence-corrected chi connectivity index (χ1v) is 7.18. The molecule has 1 atom stereocenters. The Morgan fingerprint density at radius 2 is 2.11 bits per heavy atom. The van der Waals surface area contributed by atoms with Crippen LogP contribution >= 0.6 is 27.3 Å². The van der Waals surface area contributed by atoms with Gasteiger partial charge in [0.25, 0.3) is 0 Å². The van der Waals surface area contributed by atoms with Gasteiger partial charge in [0.1, 0.15) is 11.8 Å². The first-order chi connectivity index (χ1) is 8.68. The first kappa shape index (κ1) is 11.9. The molecule has 1 aromatic carbocycles. The summed E-state index contributed by atoms with van der Waals surface area (Å²) in [5.41, 5.74) is 1.73. The zero-order valence-electron chi connectivity index (χ0n) is 9.67. The van der Waals surface area contributed by atoms with E-state index >= 15 is 0 Å². The quantitative estimate of drug-likeness (QED) is 0.784. The molecule has 18 heavy (non-hydrogen) atoms. The van der Waals surface area contributed by atoms with Crippen molar-refractivity contribution in [1.29, 1.82) is 0 Å². The second-order valence-electron chi connectivity index (χ2n) is 4.06. The van der Waals surface area contributed by atoms with Crippen molar-refractivity contribution >= 4 is 38.2 Å². The lowest BCUT2D eigenvalue weighted by atomic mass is 10.1. The highest BCUT2D eigenvalue weighted by atomic mass is 79.9. The van der Waals surface area contributed by atoms with Gasteiger partial charge in [0.05, 0.1) is 10.4 Å². The monoisotopic (exact) mass is 322 g/mol. The van der Waals surface area contributed by atoms with Gasteiger partial charge in [-0.1, -0.05) is 18.2 Å². The van der Waals surface area contributed by atoms with E-state index in [1.54, 1.807) is 4.68 Å². The molecule has 0 saturated heterocycles. The second kappa shape index (κ2) is 4.50. The van der Waals surface area contributed by atoms with Gasteiger partial charge in [0.15, 0.2) is 0 Å². The van der Waals surface area contributed by atoms with E-state index in [1.165, 1.54) is 11.3 Å². The molecule has 2 aromatic heterocycles. The van der Waals surface area contributed by atoms with Gasteiger partial charge in [-0.3, -0.25) is 4.68 Å². The predicted molar refractivity (Wildman–Crippen MR) is 76.8 cm³/mol. The van der Waals surface area contributed by atoms with Crippen LogP contribution in [0.4, 0.5) is 0 Å². The van der Waals surface area contributed by atoms with Crippen LogP contribution in [0.15, 0.2) is 40.2 Å². The average molecular weight is 323 g/mol. The van der Waals surface area contributed by atoms with Crippen molar-refractivity contribution in [2.75, 3.05) is 0 Å². The molecule has 3 aromatic rings. The normalized spacial score (nSPS) is 13.1. The van der Waals surface area contributed by atoms with Crippen LogP contribution in [0.1, 0.15) is 16.7 Å². The number of hydrogen-bond donors (Lipinski definition) is 1. The van der Waals surface area contributed by atoms with Crippen LogP contribution in [0, 0.1) is 0 Å². The molecule has 0 saturated carbocycles. The Bertz CT molecular complexity index is 704. The third-order valence-corrected chi connectivity index (χ3v) is 4.86. The molecule has 0 fully saturated rings. The lowest BCUT2D eigenvalue weighted by Crippen LogP contribution is -2.00. The number of aliphatic hydroxyl groups excluding tert-OH is 1. The summed E-state index contributed by atoms with van der Waals surface area (Å²) in [6.07, 6.45) is -0.689. The van der Waals surface area contributed by atoms with Crippen molar-refractivity contribution in [2.24, 2.45) is 7.05 Å².